The minimum atomic E-state index is -1.49. The van der Waals surface area contributed by atoms with Gasteiger partial charge in [0.2, 0.25) is 0 Å². The molecule has 0 bridgehead atoms. The maximum Gasteiger partial charge on any atom is 0.254 e. The molecule has 7 heteroatoms. The van der Waals surface area contributed by atoms with Crippen molar-refractivity contribution < 1.29 is 23.1 Å². The Balaban J connectivity index is 1.87. The van der Waals surface area contributed by atoms with E-state index in [1.807, 2.05) is 6.07 Å². The largest absolute Gasteiger partial charge is 0.364 e. The predicted molar refractivity (Wildman–Crippen MR) is 115 cm³/mol. The molecule has 1 N–H and O–H groups in total. The number of hydrogen-bond donors (Lipinski definition) is 1. The van der Waals surface area contributed by atoms with Gasteiger partial charge in [-0.2, -0.15) is 5.26 Å². The lowest BCUT2D eigenvalue weighted by Crippen LogP contribution is -2.31. The van der Waals surface area contributed by atoms with Gasteiger partial charge in [-0.15, -0.1) is 0 Å². The van der Waals surface area contributed by atoms with E-state index < -0.39 is 29.2 Å². The van der Waals surface area contributed by atoms with E-state index >= 15 is 0 Å². The first-order chi connectivity index (χ1) is 15.5. The summed E-state index contributed by atoms with van der Waals surface area (Å²) >= 11 is 0. The summed E-state index contributed by atoms with van der Waals surface area (Å²) in [7, 11) is 0. The van der Waals surface area contributed by atoms with Crippen LogP contribution in [0, 0.1) is 23.0 Å². The predicted octanol–water partition coefficient (Wildman–Crippen LogP) is 4.71. The minimum absolute atomic E-state index is 0.0591. The van der Waals surface area contributed by atoms with Crippen molar-refractivity contribution >= 4 is 12.2 Å². The van der Waals surface area contributed by atoms with Gasteiger partial charge in [-0.25, -0.2) is 8.78 Å². The van der Waals surface area contributed by atoms with Gasteiger partial charge in [-0.1, -0.05) is 36.4 Å². The lowest BCUT2D eigenvalue weighted by Gasteiger charge is -2.19. The number of amides is 1. The number of nitrogens with zero attached hydrogens (tertiary/aromatic N) is 1. The summed E-state index contributed by atoms with van der Waals surface area (Å²) in [5.74, 6) is -2.60. The Labute approximate surface area is 184 Å². The van der Waals surface area contributed by atoms with E-state index in [1.54, 1.807) is 55.5 Å². The number of nitriles is 1. The van der Waals surface area contributed by atoms with Crippen LogP contribution in [0.25, 0.3) is 11.1 Å². The van der Waals surface area contributed by atoms with Gasteiger partial charge < -0.3 is 10.1 Å². The summed E-state index contributed by atoms with van der Waals surface area (Å²) in [6.07, 6.45) is -0.882. The molecule has 0 fully saturated rings. The zero-order valence-corrected chi connectivity index (χ0v) is 17.3. The van der Waals surface area contributed by atoms with Gasteiger partial charge in [-0.05, 0) is 47.9 Å². The molecule has 1 amide bonds. The highest BCUT2D eigenvalue weighted by Gasteiger charge is 2.28. The van der Waals surface area contributed by atoms with Crippen molar-refractivity contribution in [3.8, 4) is 17.2 Å². The number of halogens is 2. The number of carbonyl (C=O) groups excluding carboxylic acids is 2. The summed E-state index contributed by atoms with van der Waals surface area (Å²) in [6.45, 7) is 1.77. The fraction of sp³-hybridized carbons (Fsp3) is 0.160. The van der Waals surface area contributed by atoms with Crippen molar-refractivity contribution in [2.45, 2.75) is 19.6 Å². The summed E-state index contributed by atoms with van der Waals surface area (Å²) in [4.78, 5) is 24.0. The molecule has 0 aliphatic heterocycles. The summed E-state index contributed by atoms with van der Waals surface area (Å²) in [5, 5.41) is 11.5. The standard InChI is InChI=1S/C25H20F2N2O3/c1-2-32-24(25(31)29-14-17-9-7-16(13-28)8-10-17)23-21(26)11-19(12-22(23)27)20-6-4-3-5-18(20)15-30/h3-12,15,24H,2,14H2,1H3,(H,29,31)/t24-/m0/s1. The van der Waals surface area contributed by atoms with Crippen LogP contribution < -0.4 is 5.32 Å². The highest BCUT2D eigenvalue weighted by Crippen LogP contribution is 2.31. The molecule has 3 aromatic carbocycles. The van der Waals surface area contributed by atoms with E-state index in [-0.39, 0.29) is 18.7 Å². The minimum Gasteiger partial charge on any atom is -0.364 e. The lowest BCUT2D eigenvalue weighted by atomic mass is 9.97. The highest BCUT2D eigenvalue weighted by atomic mass is 19.1. The second-order valence-corrected chi connectivity index (χ2v) is 6.92. The average Bonchev–Trinajstić information content (AvgIpc) is 2.81. The molecule has 0 unspecified atom stereocenters. The second kappa shape index (κ2) is 10.4. The van der Waals surface area contributed by atoms with Gasteiger partial charge in [-0.3, -0.25) is 9.59 Å². The van der Waals surface area contributed by atoms with Gasteiger partial charge in [0.05, 0.1) is 17.2 Å². The molecule has 3 aromatic rings. The third-order valence-corrected chi connectivity index (χ3v) is 4.86. The van der Waals surface area contributed by atoms with E-state index in [4.69, 9.17) is 10.00 Å². The maximum absolute atomic E-state index is 15.0. The summed E-state index contributed by atoms with van der Waals surface area (Å²) < 4.78 is 35.4. The van der Waals surface area contributed by atoms with Crippen LogP contribution in [0.2, 0.25) is 0 Å². The first kappa shape index (κ1) is 22.8. The molecule has 32 heavy (non-hydrogen) atoms. The van der Waals surface area contributed by atoms with Gasteiger partial charge in [0.25, 0.3) is 5.91 Å². The first-order valence-electron chi connectivity index (χ1n) is 9.90. The smallest absolute Gasteiger partial charge is 0.254 e. The van der Waals surface area contributed by atoms with Gasteiger partial charge >= 0.3 is 0 Å². The second-order valence-electron chi connectivity index (χ2n) is 6.92. The number of carbonyl (C=O) groups is 2. The molecule has 0 aliphatic rings. The van der Waals surface area contributed by atoms with Gasteiger partial charge in [0.15, 0.2) is 12.4 Å². The third-order valence-electron chi connectivity index (χ3n) is 4.86. The third kappa shape index (κ3) is 5.05. The molecular weight excluding hydrogens is 414 g/mol. The lowest BCUT2D eigenvalue weighted by molar-refractivity contribution is -0.133. The number of nitrogens with one attached hydrogen (secondary N) is 1. The number of benzene rings is 3. The van der Waals surface area contributed by atoms with E-state index in [1.165, 1.54) is 0 Å². The molecule has 162 valence electrons. The SMILES string of the molecule is CCO[C@H](C(=O)NCc1ccc(C#N)cc1)c1c(F)cc(-c2ccccc2C=O)cc1F. The molecule has 5 nitrogen and oxygen atoms in total. The Morgan fingerprint density at radius 2 is 1.78 bits per heavy atom. The van der Waals surface area contributed by atoms with E-state index in [0.717, 1.165) is 17.7 Å². The molecule has 3 rings (SSSR count). The van der Waals surface area contributed by atoms with Gasteiger partial charge in [0, 0.05) is 18.7 Å². The van der Waals surface area contributed by atoms with Gasteiger partial charge in [0.1, 0.15) is 11.6 Å². The molecule has 1 atom stereocenters. The Morgan fingerprint density at radius 1 is 1.12 bits per heavy atom. The maximum atomic E-state index is 15.0. The molecule has 0 aromatic heterocycles. The Morgan fingerprint density at radius 3 is 2.38 bits per heavy atom. The van der Waals surface area contributed by atoms with E-state index in [9.17, 15) is 18.4 Å². The average molecular weight is 434 g/mol. The molecule has 0 heterocycles. The zero-order chi connectivity index (χ0) is 23.1. The Kier molecular flexibility index (Phi) is 7.42. The summed E-state index contributed by atoms with van der Waals surface area (Å²) in [6, 6.07) is 17.2. The summed E-state index contributed by atoms with van der Waals surface area (Å²) in [5.41, 5.74) is 1.55. The first-order valence-corrected chi connectivity index (χ1v) is 9.90. The van der Waals surface area contributed by atoms with E-state index in [0.29, 0.717) is 23.0 Å². The quantitative estimate of drug-likeness (QED) is 0.521. The van der Waals surface area contributed by atoms with Crippen LogP contribution in [-0.4, -0.2) is 18.8 Å². The molecule has 0 saturated heterocycles. The highest BCUT2D eigenvalue weighted by molar-refractivity contribution is 5.88. The molecule has 0 aliphatic carbocycles. The van der Waals surface area contributed by atoms with Crippen molar-refractivity contribution in [3.05, 3.63) is 94.6 Å². The fourth-order valence-corrected chi connectivity index (χ4v) is 3.29. The molecule has 0 radical (unpaired) electrons. The van der Waals surface area contributed by atoms with E-state index in [2.05, 4.69) is 5.32 Å². The van der Waals surface area contributed by atoms with Crippen LogP contribution in [0.1, 0.15) is 40.1 Å². The van der Waals surface area contributed by atoms with Crippen LogP contribution in [-0.2, 0) is 16.1 Å². The number of ether oxygens (including phenoxy) is 1. The van der Waals surface area contributed by atoms with Crippen LogP contribution in [0.3, 0.4) is 0 Å². The van der Waals surface area contributed by atoms with Crippen molar-refractivity contribution in [1.29, 1.82) is 5.26 Å². The zero-order valence-electron chi connectivity index (χ0n) is 17.3. The van der Waals surface area contributed by atoms with Crippen molar-refractivity contribution in [2.24, 2.45) is 0 Å². The van der Waals surface area contributed by atoms with Crippen LogP contribution in [0.4, 0.5) is 8.78 Å². The number of hydrogen-bond acceptors (Lipinski definition) is 4. The monoisotopic (exact) mass is 434 g/mol. The topological polar surface area (TPSA) is 79.2 Å². The number of aldehydes is 1. The van der Waals surface area contributed by atoms with Crippen LogP contribution in [0.5, 0.6) is 0 Å². The Bertz CT molecular complexity index is 1150. The molecule has 0 spiro atoms. The van der Waals surface area contributed by atoms with Crippen molar-refractivity contribution in [1.82, 2.24) is 5.32 Å². The number of rotatable bonds is 8. The molecule has 0 saturated carbocycles. The van der Waals surface area contributed by atoms with Crippen LogP contribution >= 0.6 is 0 Å². The van der Waals surface area contributed by atoms with Crippen molar-refractivity contribution in [2.75, 3.05) is 6.61 Å². The van der Waals surface area contributed by atoms with Crippen molar-refractivity contribution in [3.63, 3.8) is 0 Å². The molecular formula is C25H20F2N2O3. The fourth-order valence-electron chi connectivity index (χ4n) is 3.29. The normalized spacial score (nSPS) is 11.4. The Hall–Kier alpha value is -3.89. The van der Waals surface area contributed by atoms with Crippen LogP contribution in [0.15, 0.2) is 60.7 Å².